The van der Waals surface area contributed by atoms with Crippen molar-refractivity contribution in [1.29, 1.82) is 0 Å². The number of benzene rings is 1. The molecule has 1 rings (SSSR count). The van der Waals surface area contributed by atoms with Gasteiger partial charge in [0.2, 0.25) is 0 Å². The van der Waals surface area contributed by atoms with Gasteiger partial charge in [-0.15, -0.1) is 0 Å². The van der Waals surface area contributed by atoms with Crippen molar-refractivity contribution in [2.75, 3.05) is 26.8 Å². The lowest BCUT2D eigenvalue weighted by atomic mass is 9.94. The van der Waals surface area contributed by atoms with E-state index in [1.165, 1.54) is 6.42 Å². The minimum Gasteiger partial charge on any atom is -0.490 e. The molecule has 0 saturated heterocycles. The van der Waals surface area contributed by atoms with Crippen LogP contribution >= 0.6 is 0 Å². The van der Waals surface area contributed by atoms with Crippen molar-refractivity contribution in [1.82, 2.24) is 5.32 Å². The molecule has 0 saturated carbocycles. The summed E-state index contributed by atoms with van der Waals surface area (Å²) in [5, 5.41) is 3.27. The fourth-order valence-electron chi connectivity index (χ4n) is 2.44. The predicted molar refractivity (Wildman–Crippen MR) is 84.6 cm³/mol. The monoisotopic (exact) mass is 279 g/mol. The predicted octanol–water partition coefficient (Wildman–Crippen LogP) is 3.74. The molecule has 0 radical (unpaired) electrons. The highest BCUT2D eigenvalue weighted by Gasteiger charge is 2.11. The molecule has 0 aromatic heterocycles. The van der Waals surface area contributed by atoms with Crippen LogP contribution in [0.2, 0.25) is 0 Å². The van der Waals surface area contributed by atoms with Crippen LogP contribution < -0.4 is 14.8 Å². The summed E-state index contributed by atoms with van der Waals surface area (Å²) in [7, 11) is 2.01. The van der Waals surface area contributed by atoms with E-state index < -0.39 is 0 Å². The van der Waals surface area contributed by atoms with Gasteiger partial charge >= 0.3 is 0 Å². The quantitative estimate of drug-likeness (QED) is 0.708. The van der Waals surface area contributed by atoms with Gasteiger partial charge in [0, 0.05) is 0 Å². The van der Waals surface area contributed by atoms with E-state index in [1.807, 2.05) is 38.2 Å². The van der Waals surface area contributed by atoms with Crippen LogP contribution in [0.1, 0.15) is 33.6 Å². The van der Waals surface area contributed by atoms with Crippen LogP contribution in [0.15, 0.2) is 24.3 Å². The number of hydrogen-bond acceptors (Lipinski definition) is 3. The normalized spacial score (nSPS) is 12.4. The third-order valence-electron chi connectivity index (χ3n) is 3.23. The molecule has 3 heteroatoms. The average Bonchev–Trinajstić information content (AvgIpc) is 2.40. The van der Waals surface area contributed by atoms with Gasteiger partial charge < -0.3 is 14.8 Å². The van der Waals surface area contributed by atoms with Crippen LogP contribution in [0.5, 0.6) is 11.5 Å². The first-order valence-electron chi connectivity index (χ1n) is 7.66. The summed E-state index contributed by atoms with van der Waals surface area (Å²) in [6.07, 6.45) is 2.30. The lowest BCUT2D eigenvalue weighted by Crippen LogP contribution is -2.22. The molecular weight excluding hydrogens is 250 g/mol. The first-order valence-corrected chi connectivity index (χ1v) is 7.66. The average molecular weight is 279 g/mol. The molecule has 0 aliphatic rings. The Labute approximate surface area is 123 Å². The highest BCUT2D eigenvalue weighted by Crippen LogP contribution is 2.27. The molecule has 0 aliphatic heterocycles. The Hall–Kier alpha value is -1.22. The Morgan fingerprint density at radius 2 is 1.75 bits per heavy atom. The molecule has 114 valence electrons. The third-order valence-corrected chi connectivity index (χ3v) is 3.23. The second-order valence-electron chi connectivity index (χ2n) is 5.57. The van der Waals surface area contributed by atoms with Crippen molar-refractivity contribution < 1.29 is 9.47 Å². The maximum Gasteiger partial charge on any atom is 0.161 e. The second kappa shape index (κ2) is 9.65. The molecule has 0 spiro atoms. The summed E-state index contributed by atoms with van der Waals surface area (Å²) in [4.78, 5) is 0. The summed E-state index contributed by atoms with van der Waals surface area (Å²) in [5.41, 5.74) is 0. The highest BCUT2D eigenvalue weighted by molar-refractivity contribution is 5.39. The van der Waals surface area contributed by atoms with E-state index in [1.54, 1.807) is 0 Å². The minimum atomic E-state index is 0.663. The van der Waals surface area contributed by atoms with Crippen LogP contribution in [0.3, 0.4) is 0 Å². The van der Waals surface area contributed by atoms with Gasteiger partial charge in [-0.1, -0.05) is 26.0 Å². The van der Waals surface area contributed by atoms with Gasteiger partial charge in [-0.2, -0.15) is 0 Å². The van der Waals surface area contributed by atoms with Gasteiger partial charge in [0.05, 0.1) is 13.2 Å². The molecule has 1 aromatic rings. The molecule has 0 bridgehead atoms. The molecule has 1 aromatic carbocycles. The van der Waals surface area contributed by atoms with E-state index in [4.69, 9.17) is 9.47 Å². The van der Waals surface area contributed by atoms with Crippen LogP contribution in [0.4, 0.5) is 0 Å². The molecule has 0 amide bonds. The summed E-state index contributed by atoms with van der Waals surface area (Å²) in [6, 6.07) is 7.88. The number of para-hydroxylation sites is 2. The minimum absolute atomic E-state index is 0.663. The maximum absolute atomic E-state index is 5.90. The fraction of sp³-hybridized carbons (Fsp3) is 0.647. The van der Waals surface area contributed by atoms with E-state index in [-0.39, 0.29) is 0 Å². The Morgan fingerprint density at radius 3 is 2.30 bits per heavy atom. The van der Waals surface area contributed by atoms with Crippen molar-refractivity contribution in [3.05, 3.63) is 24.3 Å². The van der Waals surface area contributed by atoms with Crippen LogP contribution in [-0.2, 0) is 0 Å². The van der Waals surface area contributed by atoms with Gasteiger partial charge in [0.1, 0.15) is 0 Å². The molecule has 3 nitrogen and oxygen atoms in total. The van der Waals surface area contributed by atoms with E-state index in [2.05, 4.69) is 19.2 Å². The topological polar surface area (TPSA) is 30.5 Å². The number of nitrogens with one attached hydrogen (secondary N) is 1. The highest BCUT2D eigenvalue weighted by atomic mass is 16.5. The van der Waals surface area contributed by atoms with E-state index in [9.17, 15) is 0 Å². The van der Waals surface area contributed by atoms with Gasteiger partial charge in [0.25, 0.3) is 0 Å². The maximum atomic E-state index is 5.90. The summed E-state index contributed by atoms with van der Waals surface area (Å²) in [5.74, 6) is 3.08. The zero-order valence-electron chi connectivity index (χ0n) is 13.3. The van der Waals surface area contributed by atoms with Crippen LogP contribution in [-0.4, -0.2) is 26.8 Å². The lowest BCUT2D eigenvalue weighted by Gasteiger charge is -2.19. The zero-order chi connectivity index (χ0) is 14.8. The fourth-order valence-corrected chi connectivity index (χ4v) is 2.44. The van der Waals surface area contributed by atoms with Crippen molar-refractivity contribution in [2.24, 2.45) is 11.8 Å². The zero-order valence-corrected chi connectivity index (χ0v) is 13.3. The van der Waals surface area contributed by atoms with Crippen LogP contribution in [0.25, 0.3) is 0 Å². The molecule has 0 heterocycles. The van der Waals surface area contributed by atoms with Gasteiger partial charge in [0.15, 0.2) is 11.5 Å². The molecule has 1 atom stereocenters. The van der Waals surface area contributed by atoms with Crippen molar-refractivity contribution in [3.8, 4) is 11.5 Å². The van der Waals surface area contributed by atoms with Crippen molar-refractivity contribution in [2.45, 2.75) is 33.6 Å². The number of hydrogen-bond donors (Lipinski definition) is 1. The van der Waals surface area contributed by atoms with Crippen molar-refractivity contribution in [3.63, 3.8) is 0 Å². The molecule has 0 aliphatic carbocycles. The van der Waals surface area contributed by atoms with Crippen molar-refractivity contribution >= 4 is 0 Å². The number of ether oxygens (including phenoxy) is 2. The number of rotatable bonds is 10. The first kappa shape index (κ1) is 16.8. The summed E-state index contributed by atoms with van der Waals surface area (Å²) < 4.78 is 11.5. The Morgan fingerprint density at radius 1 is 1.10 bits per heavy atom. The van der Waals surface area contributed by atoms with E-state index >= 15 is 0 Å². The lowest BCUT2D eigenvalue weighted by molar-refractivity contribution is 0.242. The van der Waals surface area contributed by atoms with Gasteiger partial charge in [-0.3, -0.25) is 0 Å². The summed E-state index contributed by atoms with van der Waals surface area (Å²) in [6.45, 7) is 8.98. The third kappa shape index (κ3) is 6.29. The van der Waals surface area contributed by atoms with Gasteiger partial charge in [-0.25, -0.2) is 0 Å². The Kier molecular flexibility index (Phi) is 8.12. The Balaban J connectivity index is 2.45. The largest absolute Gasteiger partial charge is 0.490 e. The second-order valence-corrected chi connectivity index (χ2v) is 5.57. The molecule has 1 unspecified atom stereocenters. The first-order chi connectivity index (χ1) is 9.67. The standard InChI is InChI=1S/C17H29NO2/c1-5-19-16-8-6-7-9-17(16)20-11-10-15(13-18-4)12-14(2)3/h6-9,14-15,18H,5,10-13H2,1-4H3. The summed E-state index contributed by atoms with van der Waals surface area (Å²) >= 11 is 0. The Bertz CT molecular complexity index is 366. The smallest absolute Gasteiger partial charge is 0.161 e. The molecule has 20 heavy (non-hydrogen) atoms. The molecular formula is C17H29NO2. The van der Waals surface area contributed by atoms with E-state index in [0.29, 0.717) is 12.5 Å². The molecule has 1 N–H and O–H groups in total. The van der Waals surface area contributed by atoms with Crippen LogP contribution in [0, 0.1) is 11.8 Å². The molecule has 0 fully saturated rings. The SMILES string of the molecule is CCOc1ccccc1OCCC(CNC)CC(C)C. The van der Waals surface area contributed by atoms with E-state index in [0.717, 1.165) is 37.0 Å². The van der Waals surface area contributed by atoms with Gasteiger partial charge in [-0.05, 0) is 57.3 Å².